The number of hydrogen-bond acceptors (Lipinski definition) is 2. The van der Waals surface area contributed by atoms with Gasteiger partial charge >= 0.3 is 0 Å². The minimum Gasteiger partial charge on any atom is -0.384 e. The summed E-state index contributed by atoms with van der Waals surface area (Å²) in [5, 5.41) is 4.66. The summed E-state index contributed by atoms with van der Waals surface area (Å²) < 4.78 is 1.88. The maximum Gasteiger partial charge on any atom is 0.127 e. The highest BCUT2D eigenvalue weighted by Crippen LogP contribution is 2.24. The Labute approximate surface area is 115 Å². The van der Waals surface area contributed by atoms with Crippen molar-refractivity contribution in [2.24, 2.45) is 0 Å². The van der Waals surface area contributed by atoms with Gasteiger partial charge in [-0.2, -0.15) is 5.10 Å². The van der Waals surface area contributed by atoms with Crippen LogP contribution in [-0.2, 0) is 6.42 Å². The fourth-order valence-corrected chi connectivity index (χ4v) is 2.61. The molecule has 0 radical (unpaired) electrons. The minimum absolute atomic E-state index is 0.723. The molecule has 1 aromatic carbocycles. The number of unbranched alkanes of at least 4 members (excludes halogenated alkanes) is 1. The van der Waals surface area contributed by atoms with E-state index in [1.165, 1.54) is 23.1 Å². The summed E-state index contributed by atoms with van der Waals surface area (Å²) in [5.74, 6) is 0.723. The molecule has 0 aliphatic heterocycles. The molecule has 2 rings (SSSR count). The van der Waals surface area contributed by atoms with E-state index in [1.807, 2.05) is 10.7 Å². The van der Waals surface area contributed by atoms with Crippen molar-refractivity contribution in [1.82, 2.24) is 9.78 Å². The van der Waals surface area contributed by atoms with E-state index in [4.69, 9.17) is 5.73 Å². The number of nitrogens with two attached hydrogens (primary N) is 1. The van der Waals surface area contributed by atoms with E-state index in [0.717, 1.165) is 30.0 Å². The highest BCUT2D eigenvalue weighted by molar-refractivity contribution is 5.53. The third kappa shape index (κ3) is 2.80. The zero-order chi connectivity index (χ0) is 14.0. The van der Waals surface area contributed by atoms with Gasteiger partial charge in [0.05, 0.1) is 11.4 Å². The van der Waals surface area contributed by atoms with Crippen molar-refractivity contribution in [1.29, 1.82) is 0 Å². The van der Waals surface area contributed by atoms with Gasteiger partial charge in [-0.3, -0.25) is 0 Å². The molecule has 0 unspecified atom stereocenters. The Morgan fingerprint density at radius 1 is 1.11 bits per heavy atom. The number of rotatable bonds is 4. The predicted molar refractivity (Wildman–Crippen MR) is 80.8 cm³/mol. The molecule has 0 fully saturated rings. The summed E-state index contributed by atoms with van der Waals surface area (Å²) in [5.41, 5.74) is 12.0. The van der Waals surface area contributed by atoms with Crippen LogP contribution in [0.1, 0.15) is 42.1 Å². The number of anilines is 1. The largest absolute Gasteiger partial charge is 0.384 e. The Morgan fingerprint density at radius 3 is 2.32 bits per heavy atom. The Balaban J connectivity index is 2.44. The van der Waals surface area contributed by atoms with Gasteiger partial charge in [0.1, 0.15) is 5.82 Å². The van der Waals surface area contributed by atoms with Gasteiger partial charge in [-0.1, -0.05) is 31.0 Å². The van der Waals surface area contributed by atoms with Gasteiger partial charge in [0.15, 0.2) is 0 Å². The van der Waals surface area contributed by atoms with Crippen LogP contribution in [0.25, 0.3) is 5.69 Å². The van der Waals surface area contributed by atoms with Crippen LogP contribution in [0.15, 0.2) is 18.2 Å². The van der Waals surface area contributed by atoms with Crippen molar-refractivity contribution in [3.8, 4) is 5.69 Å². The van der Waals surface area contributed by atoms with Crippen LogP contribution in [0, 0.1) is 20.8 Å². The molecular formula is C16H23N3. The fourth-order valence-electron chi connectivity index (χ4n) is 2.61. The summed E-state index contributed by atoms with van der Waals surface area (Å²) in [4.78, 5) is 0. The molecule has 2 N–H and O–H groups in total. The van der Waals surface area contributed by atoms with Gasteiger partial charge in [-0.15, -0.1) is 0 Å². The number of aryl methyl sites for hydroxylation is 4. The van der Waals surface area contributed by atoms with Crippen molar-refractivity contribution in [2.75, 3.05) is 5.73 Å². The van der Waals surface area contributed by atoms with Gasteiger partial charge in [0, 0.05) is 6.07 Å². The van der Waals surface area contributed by atoms with Crippen LogP contribution in [0.5, 0.6) is 0 Å². The molecule has 1 aromatic heterocycles. The van der Waals surface area contributed by atoms with Gasteiger partial charge < -0.3 is 5.73 Å². The van der Waals surface area contributed by atoms with Crippen LogP contribution >= 0.6 is 0 Å². The lowest BCUT2D eigenvalue weighted by Gasteiger charge is -2.12. The highest BCUT2D eigenvalue weighted by atomic mass is 15.3. The van der Waals surface area contributed by atoms with E-state index in [9.17, 15) is 0 Å². The molecule has 102 valence electrons. The topological polar surface area (TPSA) is 43.8 Å². The number of hydrogen-bond donors (Lipinski definition) is 1. The van der Waals surface area contributed by atoms with Crippen LogP contribution in [0.4, 0.5) is 5.82 Å². The Hall–Kier alpha value is -1.77. The maximum atomic E-state index is 6.12. The molecule has 19 heavy (non-hydrogen) atoms. The third-order valence-electron chi connectivity index (χ3n) is 3.42. The monoisotopic (exact) mass is 257 g/mol. The molecule has 0 atom stereocenters. The molecule has 3 nitrogen and oxygen atoms in total. The highest BCUT2D eigenvalue weighted by Gasteiger charge is 2.11. The molecule has 0 bridgehead atoms. The lowest BCUT2D eigenvalue weighted by Crippen LogP contribution is -2.06. The van der Waals surface area contributed by atoms with Gasteiger partial charge in [0.2, 0.25) is 0 Å². The molecule has 0 saturated carbocycles. The van der Waals surface area contributed by atoms with Crippen molar-refractivity contribution < 1.29 is 0 Å². The summed E-state index contributed by atoms with van der Waals surface area (Å²) in [7, 11) is 0. The first-order chi connectivity index (χ1) is 9.02. The normalized spacial score (nSPS) is 10.9. The van der Waals surface area contributed by atoms with Gasteiger partial charge in [-0.25, -0.2) is 4.68 Å². The lowest BCUT2D eigenvalue weighted by atomic mass is 10.1. The molecular weight excluding hydrogens is 234 g/mol. The average molecular weight is 257 g/mol. The Bertz CT molecular complexity index is 559. The zero-order valence-electron chi connectivity index (χ0n) is 12.3. The predicted octanol–water partition coefficient (Wildman–Crippen LogP) is 3.72. The maximum absolute atomic E-state index is 6.12. The van der Waals surface area contributed by atoms with Crippen LogP contribution in [0.3, 0.4) is 0 Å². The second kappa shape index (κ2) is 5.47. The third-order valence-corrected chi connectivity index (χ3v) is 3.42. The first kappa shape index (κ1) is 13.7. The zero-order valence-corrected chi connectivity index (χ0v) is 12.3. The van der Waals surface area contributed by atoms with Gasteiger partial charge in [-0.05, 0) is 44.7 Å². The van der Waals surface area contributed by atoms with Crippen molar-refractivity contribution >= 4 is 5.82 Å². The van der Waals surface area contributed by atoms with Crippen molar-refractivity contribution in [3.63, 3.8) is 0 Å². The summed E-state index contributed by atoms with van der Waals surface area (Å²) in [6.07, 6.45) is 3.33. The molecule has 0 saturated heterocycles. The van der Waals surface area contributed by atoms with Crippen LogP contribution < -0.4 is 5.73 Å². The quantitative estimate of drug-likeness (QED) is 0.907. The van der Waals surface area contributed by atoms with E-state index in [0.29, 0.717) is 0 Å². The minimum atomic E-state index is 0.723. The average Bonchev–Trinajstić information content (AvgIpc) is 2.67. The van der Waals surface area contributed by atoms with E-state index in [1.54, 1.807) is 0 Å². The number of nitrogen functional groups attached to an aromatic ring is 1. The Morgan fingerprint density at radius 2 is 1.74 bits per heavy atom. The number of benzene rings is 1. The van der Waals surface area contributed by atoms with E-state index in [-0.39, 0.29) is 0 Å². The lowest BCUT2D eigenvalue weighted by molar-refractivity contribution is 0.751. The number of aromatic nitrogens is 2. The van der Waals surface area contributed by atoms with Gasteiger partial charge in [0.25, 0.3) is 0 Å². The molecule has 1 heterocycles. The van der Waals surface area contributed by atoms with E-state index < -0.39 is 0 Å². The smallest absolute Gasteiger partial charge is 0.127 e. The van der Waals surface area contributed by atoms with Crippen molar-refractivity contribution in [2.45, 2.75) is 47.0 Å². The molecule has 0 aliphatic carbocycles. The fraction of sp³-hybridized carbons (Fsp3) is 0.438. The van der Waals surface area contributed by atoms with Crippen LogP contribution in [0.2, 0.25) is 0 Å². The first-order valence-corrected chi connectivity index (χ1v) is 6.95. The molecule has 0 amide bonds. The molecule has 2 aromatic rings. The summed E-state index contributed by atoms with van der Waals surface area (Å²) in [6.45, 7) is 8.53. The molecule has 0 spiro atoms. The number of nitrogens with zero attached hydrogens (tertiary/aromatic N) is 2. The van der Waals surface area contributed by atoms with Crippen LogP contribution in [-0.4, -0.2) is 9.78 Å². The second-order valence-corrected chi connectivity index (χ2v) is 5.32. The van der Waals surface area contributed by atoms with E-state index in [2.05, 4.69) is 44.9 Å². The standard InChI is InChI=1S/C16H23N3/c1-5-6-7-14-10-15(17)19(18-14)16-12(3)8-11(2)9-13(16)4/h8-10H,5-7,17H2,1-4H3. The summed E-state index contributed by atoms with van der Waals surface area (Å²) in [6, 6.07) is 6.35. The molecule has 3 heteroatoms. The summed E-state index contributed by atoms with van der Waals surface area (Å²) >= 11 is 0. The van der Waals surface area contributed by atoms with E-state index >= 15 is 0 Å². The molecule has 0 aliphatic rings. The Kier molecular flexibility index (Phi) is 3.93. The second-order valence-electron chi connectivity index (χ2n) is 5.32. The first-order valence-electron chi connectivity index (χ1n) is 6.95. The SMILES string of the molecule is CCCCc1cc(N)n(-c2c(C)cc(C)cc2C)n1. The van der Waals surface area contributed by atoms with Crippen molar-refractivity contribution in [3.05, 3.63) is 40.6 Å².